The van der Waals surface area contributed by atoms with Gasteiger partial charge in [-0.25, -0.2) is 0 Å². The van der Waals surface area contributed by atoms with Crippen molar-refractivity contribution in [3.63, 3.8) is 0 Å². The van der Waals surface area contributed by atoms with Gasteiger partial charge in [0.1, 0.15) is 5.84 Å². The van der Waals surface area contributed by atoms with Gasteiger partial charge >= 0.3 is 0 Å². The average molecular weight is 303 g/mol. The summed E-state index contributed by atoms with van der Waals surface area (Å²) in [6, 6.07) is 5.63. The zero-order valence-electron chi connectivity index (χ0n) is 10.1. The fraction of sp³-hybridized carbons (Fsp3) is 0.182. The third-order valence-electron chi connectivity index (χ3n) is 2.68. The van der Waals surface area contributed by atoms with Crippen molar-refractivity contribution in [1.29, 1.82) is 5.41 Å². The van der Waals surface area contributed by atoms with Gasteiger partial charge in [-0.05, 0) is 18.4 Å². The number of fused-ring (bicyclic) bond motifs is 1. The Balaban J connectivity index is 0.00000162. The number of hydrogen-bond acceptors (Lipinski definition) is 3. The van der Waals surface area contributed by atoms with Crippen LogP contribution in [0, 0.1) is 5.41 Å². The number of guanidine groups is 1. The lowest BCUT2D eigenvalue weighted by atomic mass is 10.0. The van der Waals surface area contributed by atoms with Crippen LogP contribution in [0.15, 0.2) is 28.4 Å². The highest BCUT2D eigenvalue weighted by Crippen LogP contribution is 2.25. The van der Waals surface area contributed by atoms with E-state index < -0.39 is 0 Å². The number of nitrogens with two attached hydrogens (primary N) is 3. The number of halogens is 2. The van der Waals surface area contributed by atoms with Gasteiger partial charge < -0.3 is 17.2 Å². The predicted molar refractivity (Wildman–Crippen MR) is 82.6 cm³/mol. The summed E-state index contributed by atoms with van der Waals surface area (Å²) >= 11 is 0. The fourth-order valence-corrected chi connectivity index (χ4v) is 1.98. The van der Waals surface area contributed by atoms with E-state index in [2.05, 4.69) is 10.2 Å². The number of hydrogen-bond donors (Lipinski definition) is 4. The quantitative estimate of drug-likeness (QED) is 0.365. The van der Waals surface area contributed by atoms with Gasteiger partial charge in [0.2, 0.25) is 5.96 Å². The first kappa shape index (κ1) is 17.2. The van der Waals surface area contributed by atoms with Crippen LogP contribution in [0.4, 0.5) is 0 Å². The number of rotatable bonds is 2. The molecule has 1 aliphatic rings. The second-order valence-electron chi connectivity index (χ2n) is 3.82. The zero-order chi connectivity index (χ0) is 12.4. The fourth-order valence-electron chi connectivity index (χ4n) is 1.98. The second kappa shape index (κ2) is 6.96. The van der Waals surface area contributed by atoms with Crippen LogP contribution in [0.25, 0.3) is 0 Å². The van der Waals surface area contributed by atoms with E-state index in [9.17, 15) is 0 Å². The van der Waals surface area contributed by atoms with Crippen molar-refractivity contribution in [2.24, 2.45) is 27.4 Å². The molecular weight excluding hydrogens is 287 g/mol. The Morgan fingerprint density at radius 1 is 1.11 bits per heavy atom. The molecule has 1 aromatic rings. The van der Waals surface area contributed by atoms with Crippen molar-refractivity contribution in [2.45, 2.75) is 12.8 Å². The Morgan fingerprint density at radius 2 is 1.79 bits per heavy atom. The van der Waals surface area contributed by atoms with Gasteiger partial charge in [-0.2, -0.15) is 5.10 Å². The lowest BCUT2D eigenvalue weighted by molar-refractivity contribution is 1.07. The van der Waals surface area contributed by atoms with Crippen molar-refractivity contribution >= 4 is 42.3 Å². The average Bonchev–Trinajstić information content (AvgIpc) is 2.68. The molecule has 0 fully saturated rings. The van der Waals surface area contributed by atoms with Crippen LogP contribution in [-0.4, -0.2) is 17.5 Å². The molecule has 0 heterocycles. The highest BCUT2D eigenvalue weighted by Gasteiger charge is 2.21. The number of nitrogens with one attached hydrogen (secondary N) is 1. The van der Waals surface area contributed by atoms with Gasteiger partial charge in [0.05, 0.1) is 5.71 Å². The summed E-state index contributed by atoms with van der Waals surface area (Å²) in [4.78, 5) is 0. The van der Waals surface area contributed by atoms with Crippen LogP contribution in [0.5, 0.6) is 0 Å². The molecular formula is C11H16Cl2N6. The summed E-state index contributed by atoms with van der Waals surface area (Å²) in [5, 5.41) is 15.2. The highest BCUT2D eigenvalue weighted by atomic mass is 35.5. The van der Waals surface area contributed by atoms with Crippen LogP contribution in [0.2, 0.25) is 0 Å². The maximum Gasteiger partial charge on any atom is 0.211 e. The van der Waals surface area contributed by atoms with Crippen LogP contribution >= 0.6 is 24.8 Å². The molecule has 0 saturated carbocycles. The van der Waals surface area contributed by atoms with E-state index in [1.165, 1.54) is 0 Å². The van der Waals surface area contributed by atoms with Crippen molar-refractivity contribution < 1.29 is 0 Å². The summed E-state index contributed by atoms with van der Waals surface area (Å²) in [5.41, 5.74) is 19.6. The third-order valence-corrected chi connectivity index (χ3v) is 2.68. The van der Waals surface area contributed by atoms with Crippen molar-refractivity contribution in [3.8, 4) is 0 Å². The lowest BCUT2D eigenvalue weighted by Crippen LogP contribution is -2.22. The molecule has 0 atom stereocenters. The summed E-state index contributed by atoms with van der Waals surface area (Å²) in [5.74, 6) is 0.0126. The molecule has 7 N–H and O–H groups in total. The predicted octanol–water partition coefficient (Wildman–Crippen LogP) is 0.738. The van der Waals surface area contributed by atoms with Gasteiger partial charge in [0.15, 0.2) is 0 Å². The molecule has 0 saturated heterocycles. The van der Waals surface area contributed by atoms with Gasteiger partial charge in [0.25, 0.3) is 0 Å². The SMILES string of the molecule is Cl.Cl.N=C(N)c1cccc2c1CC/C2=N\N=C(N)N. The van der Waals surface area contributed by atoms with E-state index in [1.54, 1.807) is 0 Å². The zero-order valence-corrected chi connectivity index (χ0v) is 11.7. The van der Waals surface area contributed by atoms with Gasteiger partial charge in [-0.15, -0.1) is 29.9 Å². The minimum atomic E-state index is -0.0614. The van der Waals surface area contributed by atoms with Crippen LogP contribution in [0.3, 0.4) is 0 Å². The Hall–Kier alpha value is -1.79. The molecule has 0 aromatic heterocycles. The van der Waals surface area contributed by atoms with Crippen LogP contribution in [-0.2, 0) is 6.42 Å². The Morgan fingerprint density at radius 3 is 2.37 bits per heavy atom. The summed E-state index contributed by atoms with van der Waals surface area (Å²) in [7, 11) is 0. The van der Waals surface area contributed by atoms with Crippen LogP contribution < -0.4 is 17.2 Å². The summed E-state index contributed by atoms with van der Waals surface area (Å²) < 4.78 is 0. The molecule has 2 rings (SSSR count). The molecule has 0 unspecified atom stereocenters. The van der Waals surface area contributed by atoms with Crippen molar-refractivity contribution in [1.82, 2.24) is 0 Å². The second-order valence-corrected chi connectivity index (χ2v) is 3.82. The summed E-state index contributed by atoms with van der Waals surface area (Å²) in [6.45, 7) is 0. The topological polar surface area (TPSA) is 127 Å². The number of nitrogens with zero attached hydrogens (tertiary/aromatic N) is 2. The highest BCUT2D eigenvalue weighted by molar-refractivity contribution is 6.08. The van der Waals surface area contributed by atoms with Gasteiger partial charge in [-0.3, -0.25) is 5.41 Å². The van der Waals surface area contributed by atoms with Gasteiger partial charge in [-0.1, -0.05) is 18.2 Å². The molecule has 1 aromatic carbocycles. The maximum absolute atomic E-state index is 7.51. The van der Waals surface area contributed by atoms with Crippen LogP contribution in [0.1, 0.15) is 23.1 Å². The molecule has 19 heavy (non-hydrogen) atoms. The van der Waals surface area contributed by atoms with E-state index in [0.29, 0.717) is 0 Å². The van der Waals surface area contributed by atoms with Gasteiger partial charge in [0, 0.05) is 11.1 Å². The van der Waals surface area contributed by atoms with Crippen molar-refractivity contribution in [2.75, 3.05) is 0 Å². The number of benzene rings is 1. The Kier molecular flexibility index (Phi) is 6.31. The molecule has 8 heteroatoms. The van der Waals surface area contributed by atoms with E-state index >= 15 is 0 Å². The molecule has 0 aliphatic heterocycles. The monoisotopic (exact) mass is 302 g/mol. The molecule has 0 spiro atoms. The Labute approximate surface area is 123 Å². The number of nitrogen functional groups attached to an aromatic ring is 1. The van der Waals surface area contributed by atoms with E-state index in [4.69, 9.17) is 22.6 Å². The number of amidine groups is 1. The lowest BCUT2D eigenvalue weighted by Gasteiger charge is -2.05. The molecule has 6 nitrogen and oxygen atoms in total. The molecule has 104 valence electrons. The summed E-state index contributed by atoms with van der Waals surface area (Å²) in [6.07, 6.45) is 1.57. The van der Waals surface area contributed by atoms with Crippen molar-refractivity contribution in [3.05, 3.63) is 34.9 Å². The molecule has 1 aliphatic carbocycles. The minimum absolute atomic E-state index is 0. The standard InChI is InChI=1S/C11H14N6.2ClH/c12-10(13)8-3-1-2-7-6(8)4-5-9(7)16-17-11(14)15;;/h1-3H,4-5H2,(H3,12,13)(H4,14,15,17);2*1H/b16-9+;;. The largest absolute Gasteiger partial charge is 0.384 e. The first-order chi connectivity index (χ1) is 8.09. The first-order valence-electron chi connectivity index (χ1n) is 5.21. The third kappa shape index (κ3) is 3.59. The smallest absolute Gasteiger partial charge is 0.211 e. The first-order valence-corrected chi connectivity index (χ1v) is 5.21. The molecule has 0 bridgehead atoms. The normalized spacial score (nSPS) is 14.0. The Bertz CT molecular complexity index is 534. The van der Waals surface area contributed by atoms with E-state index in [1.807, 2.05) is 18.2 Å². The van der Waals surface area contributed by atoms with E-state index in [0.717, 1.165) is 35.2 Å². The minimum Gasteiger partial charge on any atom is -0.384 e. The maximum atomic E-state index is 7.51. The molecule has 0 amide bonds. The molecule has 0 radical (unpaired) electrons. The van der Waals surface area contributed by atoms with E-state index in [-0.39, 0.29) is 36.6 Å².